The Labute approximate surface area is 170 Å². The maximum Gasteiger partial charge on any atom is 0.270 e. The largest absolute Gasteiger partial charge is 0.379 e. The number of anilines is 1. The normalized spacial score (nSPS) is 16.5. The Kier molecular flexibility index (Phi) is 6.51. The third kappa shape index (κ3) is 4.75. The van der Waals surface area contributed by atoms with E-state index in [-0.39, 0.29) is 35.6 Å². The van der Waals surface area contributed by atoms with Crippen molar-refractivity contribution in [3.8, 4) is 0 Å². The fourth-order valence-electron chi connectivity index (χ4n) is 3.35. The van der Waals surface area contributed by atoms with E-state index in [1.807, 2.05) is 44.2 Å². The molecular formula is C20H25N3O5S. The van der Waals surface area contributed by atoms with E-state index in [2.05, 4.69) is 5.32 Å². The maximum absolute atomic E-state index is 13.3. The van der Waals surface area contributed by atoms with Gasteiger partial charge in [-0.3, -0.25) is 10.1 Å². The number of nitro benzene ring substituents is 1. The van der Waals surface area contributed by atoms with Crippen LogP contribution in [0.1, 0.15) is 25.5 Å². The van der Waals surface area contributed by atoms with Crippen LogP contribution in [0, 0.1) is 16.0 Å². The Balaban J connectivity index is 2.05. The maximum atomic E-state index is 13.3. The predicted molar refractivity (Wildman–Crippen MR) is 110 cm³/mol. The van der Waals surface area contributed by atoms with Crippen LogP contribution in [-0.2, 0) is 14.8 Å². The first kappa shape index (κ1) is 21.2. The molecule has 1 aliphatic rings. The van der Waals surface area contributed by atoms with Crippen molar-refractivity contribution in [3.63, 3.8) is 0 Å². The fourth-order valence-corrected chi connectivity index (χ4v) is 4.93. The summed E-state index contributed by atoms with van der Waals surface area (Å²) in [5.74, 6) is 0.159. The first-order valence-electron chi connectivity index (χ1n) is 9.48. The van der Waals surface area contributed by atoms with Crippen LogP contribution in [0.25, 0.3) is 0 Å². The molecule has 0 aliphatic carbocycles. The summed E-state index contributed by atoms with van der Waals surface area (Å²) in [4.78, 5) is 10.6. The molecule has 9 heteroatoms. The van der Waals surface area contributed by atoms with Gasteiger partial charge in [0.05, 0.1) is 29.9 Å². The Morgan fingerprint density at radius 3 is 2.34 bits per heavy atom. The topological polar surface area (TPSA) is 102 Å². The number of rotatable bonds is 7. The minimum absolute atomic E-state index is 0.0878. The summed E-state index contributed by atoms with van der Waals surface area (Å²) in [6.45, 7) is 5.11. The van der Waals surface area contributed by atoms with E-state index in [0.717, 1.165) is 11.6 Å². The summed E-state index contributed by atoms with van der Waals surface area (Å²) >= 11 is 0. The number of morpholine rings is 1. The predicted octanol–water partition coefficient (Wildman–Crippen LogP) is 3.42. The van der Waals surface area contributed by atoms with E-state index in [1.54, 1.807) is 0 Å². The monoisotopic (exact) mass is 419 g/mol. The molecule has 8 nitrogen and oxygen atoms in total. The summed E-state index contributed by atoms with van der Waals surface area (Å²) in [7, 11) is -3.92. The van der Waals surface area contributed by atoms with Gasteiger partial charge in [-0.05, 0) is 17.5 Å². The quantitative estimate of drug-likeness (QED) is 0.545. The van der Waals surface area contributed by atoms with E-state index < -0.39 is 14.9 Å². The summed E-state index contributed by atoms with van der Waals surface area (Å²) in [5.41, 5.74) is 1.10. The second kappa shape index (κ2) is 8.89. The Bertz CT molecular complexity index is 957. The molecule has 1 atom stereocenters. The lowest BCUT2D eigenvalue weighted by Gasteiger charge is -2.29. The first-order chi connectivity index (χ1) is 13.8. The van der Waals surface area contributed by atoms with Gasteiger partial charge in [0.2, 0.25) is 10.0 Å². The molecule has 0 aromatic heterocycles. The van der Waals surface area contributed by atoms with Gasteiger partial charge in [-0.2, -0.15) is 4.31 Å². The second-order valence-electron chi connectivity index (χ2n) is 7.23. The van der Waals surface area contributed by atoms with Gasteiger partial charge in [-0.25, -0.2) is 8.42 Å². The highest BCUT2D eigenvalue weighted by molar-refractivity contribution is 7.89. The second-order valence-corrected chi connectivity index (χ2v) is 9.14. The molecule has 0 saturated carbocycles. The number of ether oxygens (including phenoxy) is 1. The van der Waals surface area contributed by atoms with Crippen molar-refractivity contribution in [1.82, 2.24) is 4.31 Å². The molecule has 0 unspecified atom stereocenters. The Hall–Kier alpha value is -2.49. The van der Waals surface area contributed by atoms with Crippen molar-refractivity contribution in [2.24, 2.45) is 5.92 Å². The van der Waals surface area contributed by atoms with Gasteiger partial charge in [0.1, 0.15) is 4.90 Å². The average molecular weight is 420 g/mol. The van der Waals surface area contributed by atoms with Gasteiger partial charge in [0, 0.05) is 25.2 Å². The number of hydrogen-bond acceptors (Lipinski definition) is 6. The molecule has 0 bridgehead atoms. The molecule has 1 heterocycles. The van der Waals surface area contributed by atoms with Gasteiger partial charge in [0.15, 0.2) is 0 Å². The van der Waals surface area contributed by atoms with E-state index >= 15 is 0 Å². The molecule has 1 N–H and O–H groups in total. The zero-order valence-corrected chi connectivity index (χ0v) is 17.3. The molecule has 2 aromatic carbocycles. The molecule has 2 aromatic rings. The van der Waals surface area contributed by atoms with Gasteiger partial charge in [0.25, 0.3) is 5.69 Å². The number of benzene rings is 2. The fraction of sp³-hybridized carbons (Fsp3) is 0.400. The smallest absolute Gasteiger partial charge is 0.270 e. The van der Waals surface area contributed by atoms with Gasteiger partial charge >= 0.3 is 0 Å². The van der Waals surface area contributed by atoms with Crippen molar-refractivity contribution in [3.05, 3.63) is 64.2 Å². The van der Waals surface area contributed by atoms with Crippen LogP contribution in [0.4, 0.5) is 11.4 Å². The Morgan fingerprint density at radius 2 is 1.76 bits per heavy atom. The summed E-state index contributed by atoms with van der Waals surface area (Å²) in [6.07, 6.45) is 0. The summed E-state index contributed by atoms with van der Waals surface area (Å²) in [6, 6.07) is 13.5. The third-order valence-electron chi connectivity index (χ3n) is 4.90. The van der Waals surface area contributed by atoms with E-state index in [1.165, 1.54) is 16.4 Å². The molecule has 0 radical (unpaired) electrons. The number of nitrogens with zero attached hydrogens (tertiary/aromatic N) is 2. The zero-order valence-electron chi connectivity index (χ0n) is 16.4. The zero-order chi connectivity index (χ0) is 21.0. The molecule has 156 valence electrons. The molecule has 1 saturated heterocycles. The van der Waals surface area contributed by atoms with Crippen LogP contribution in [0.5, 0.6) is 0 Å². The summed E-state index contributed by atoms with van der Waals surface area (Å²) < 4.78 is 33.1. The molecule has 1 fully saturated rings. The summed E-state index contributed by atoms with van der Waals surface area (Å²) in [5, 5.41) is 14.6. The molecule has 0 spiro atoms. The first-order valence-corrected chi connectivity index (χ1v) is 10.9. The van der Waals surface area contributed by atoms with Gasteiger partial charge < -0.3 is 10.1 Å². The van der Waals surface area contributed by atoms with E-state index in [0.29, 0.717) is 18.9 Å². The van der Waals surface area contributed by atoms with E-state index in [4.69, 9.17) is 4.74 Å². The highest BCUT2D eigenvalue weighted by Crippen LogP contribution is 2.34. The lowest BCUT2D eigenvalue weighted by molar-refractivity contribution is -0.385. The Morgan fingerprint density at radius 1 is 1.10 bits per heavy atom. The molecule has 0 amide bonds. The van der Waals surface area contributed by atoms with Crippen LogP contribution >= 0.6 is 0 Å². The minimum atomic E-state index is -3.92. The van der Waals surface area contributed by atoms with E-state index in [9.17, 15) is 18.5 Å². The van der Waals surface area contributed by atoms with Crippen molar-refractivity contribution in [2.75, 3.05) is 31.6 Å². The van der Waals surface area contributed by atoms with Gasteiger partial charge in [-0.1, -0.05) is 44.2 Å². The highest BCUT2D eigenvalue weighted by Gasteiger charge is 2.31. The van der Waals surface area contributed by atoms with Crippen LogP contribution < -0.4 is 5.32 Å². The number of hydrogen-bond donors (Lipinski definition) is 1. The molecule has 3 rings (SSSR count). The molecule has 1 aliphatic heterocycles. The average Bonchev–Trinajstić information content (AvgIpc) is 2.73. The highest BCUT2D eigenvalue weighted by atomic mass is 32.2. The lowest BCUT2D eigenvalue weighted by Crippen LogP contribution is -2.40. The van der Waals surface area contributed by atoms with Crippen LogP contribution in [0.2, 0.25) is 0 Å². The molecular weight excluding hydrogens is 394 g/mol. The minimum Gasteiger partial charge on any atom is -0.379 e. The standard InChI is InChI=1S/C20H25N3O5S/c1-15(2)20(16-6-4-3-5-7-16)21-18-9-8-17(23(24)25)14-19(18)29(26,27)22-10-12-28-13-11-22/h3-9,14-15,20-21H,10-13H2,1-2H3/t20-/m0/s1. The SMILES string of the molecule is CC(C)[C@H](Nc1ccc([N+](=O)[O-])cc1S(=O)(=O)N1CCOCC1)c1ccccc1. The van der Waals surface area contributed by atoms with Crippen molar-refractivity contribution >= 4 is 21.4 Å². The number of non-ortho nitro benzene ring substituents is 1. The van der Waals surface area contributed by atoms with Crippen LogP contribution in [0.3, 0.4) is 0 Å². The van der Waals surface area contributed by atoms with Crippen LogP contribution in [-0.4, -0.2) is 43.9 Å². The van der Waals surface area contributed by atoms with Crippen LogP contribution in [0.15, 0.2) is 53.4 Å². The lowest BCUT2D eigenvalue weighted by atomic mass is 9.96. The van der Waals surface area contributed by atoms with Gasteiger partial charge in [-0.15, -0.1) is 0 Å². The van der Waals surface area contributed by atoms with Crippen molar-refractivity contribution in [2.45, 2.75) is 24.8 Å². The number of nitro groups is 1. The number of nitrogens with one attached hydrogen (secondary N) is 1. The third-order valence-corrected chi connectivity index (χ3v) is 6.84. The van der Waals surface area contributed by atoms with Crippen molar-refractivity contribution < 1.29 is 18.1 Å². The van der Waals surface area contributed by atoms with Crippen molar-refractivity contribution in [1.29, 1.82) is 0 Å². The molecule has 29 heavy (non-hydrogen) atoms. The number of sulfonamides is 1.